The summed E-state index contributed by atoms with van der Waals surface area (Å²) in [5, 5.41) is 6.47. The Hall–Kier alpha value is -3.49. The highest BCUT2D eigenvalue weighted by Gasteiger charge is 2.15. The highest BCUT2D eigenvalue weighted by molar-refractivity contribution is 9.10. The summed E-state index contributed by atoms with van der Waals surface area (Å²) < 4.78 is 6.13. The van der Waals surface area contributed by atoms with E-state index in [1.165, 1.54) is 6.21 Å². The Morgan fingerprint density at radius 2 is 1.65 bits per heavy atom. The van der Waals surface area contributed by atoms with Crippen molar-refractivity contribution in [3.05, 3.63) is 93.4 Å². The van der Waals surface area contributed by atoms with Gasteiger partial charge in [0.2, 0.25) is 0 Å². The number of halogens is 2. The minimum atomic E-state index is -0.992. The number of rotatable bonds is 5. The van der Waals surface area contributed by atoms with Crippen molar-refractivity contribution in [1.29, 1.82) is 0 Å². The van der Waals surface area contributed by atoms with Gasteiger partial charge in [0.1, 0.15) is 5.75 Å². The summed E-state index contributed by atoms with van der Waals surface area (Å²) in [6, 6.07) is 19.9. The Morgan fingerprint density at radius 1 is 0.935 bits per heavy atom. The molecule has 0 heterocycles. The first-order valence-electron chi connectivity index (χ1n) is 8.90. The molecule has 0 saturated heterocycles. The van der Waals surface area contributed by atoms with Crippen LogP contribution in [0.5, 0.6) is 5.75 Å². The number of benzene rings is 3. The summed E-state index contributed by atoms with van der Waals surface area (Å²) in [6.45, 7) is 0. The standard InChI is InChI=1S/C22H15BrClN3O4/c23-16-10-11-19(31-22(30)14-6-2-1-3-7-14)15(12-16)13-25-27-21(29)20(28)26-18-9-5-4-8-17(18)24/h1-13H,(H,26,28)(H,27,29)/b25-13+. The molecule has 0 atom stereocenters. The van der Waals surface area contributed by atoms with Crippen LogP contribution in [0.3, 0.4) is 0 Å². The second-order valence-corrected chi connectivity index (χ2v) is 7.39. The molecule has 3 rings (SSSR count). The van der Waals surface area contributed by atoms with Crippen molar-refractivity contribution in [2.45, 2.75) is 0 Å². The van der Waals surface area contributed by atoms with Gasteiger partial charge in [-0.05, 0) is 42.5 Å². The molecule has 0 bridgehead atoms. The van der Waals surface area contributed by atoms with Gasteiger partial charge in [-0.3, -0.25) is 9.59 Å². The maximum atomic E-state index is 12.3. The molecule has 2 N–H and O–H groups in total. The molecule has 3 aromatic carbocycles. The van der Waals surface area contributed by atoms with Crippen molar-refractivity contribution in [3.63, 3.8) is 0 Å². The first-order chi connectivity index (χ1) is 14.9. The molecule has 0 unspecified atom stereocenters. The molecule has 0 aromatic heterocycles. The van der Waals surface area contributed by atoms with Crippen LogP contribution < -0.4 is 15.5 Å². The van der Waals surface area contributed by atoms with Gasteiger partial charge in [0.25, 0.3) is 0 Å². The van der Waals surface area contributed by atoms with Crippen molar-refractivity contribution in [2.24, 2.45) is 5.10 Å². The average Bonchev–Trinajstić information content (AvgIpc) is 2.77. The van der Waals surface area contributed by atoms with E-state index in [-0.39, 0.29) is 5.75 Å². The zero-order chi connectivity index (χ0) is 22.2. The van der Waals surface area contributed by atoms with E-state index in [0.29, 0.717) is 26.3 Å². The number of esters is 1. The number of carbonyl (C=O) groups excluding carboxylic acids is 3. The van der Waals surface area contributed by atoms with E-state index < -0.39 is 17.8 Å². The van der Waals surface area contributed by atoms with Crippen LogP contribution in [0.1, 0.15) is 15.9 Å². The van der Waals surface area contributed by atoms with E-state index in [4.69, 9.17) is 16.3 Å². The Balaban J connectivity index is 1.67. The number of nitrogens with zero attached hydrogens (tertiary/aromatic N) is 1. The molecule has 2 amide bonds. The van der Waals surface area contributed by atoms with Gasteiger partial charge in [0, 0.05) is 10.0 Å². The van der Waals surface area contributed by atoms with Crippen molar-refractivity contribution in [1.82, 2.24) is 5.43 Å². The van der Waals surface area contributed by atoms with Gasteiger partial charge in [-0.1, -0.05) is 57.9 Å². The molecule has 0 radical (unpaired) electrons. The Kier molecular flexibility index (Phi) is 7.53. The fourth-order valence-electron chi connectivity index (χ4n) is 2.40. The van der Waals surface area contributed by atoms with Gasteiger partial charge < -0.3 is 10.1 Å². The zero-order valence-electron chi connectivity index (χ0n) is 15.8. The van der Waals surface area contributed by atoms with E-state index in [2.05, 4.69) is 31.8 Å². The molecule has 0 saturated carbocycles. The summed E-state index contributed by atoms with van der Waals surface area (Å²) in [5.74, 6) is -2.24. The quantitative estimate of drug-likeness (QED) is 0.178. The van der Waals surface area contributed by atoms with Gasteiger partial charge in [0.15, 0.2) is 0 Å². The Morgan fingerprint density at radius 3 is 2.39 bits per heavy atom. The maximum absolute atomic E-state index is 12.3. The van der Waals surface area contributed by atoms with Crippen molar-refractivity contribution in [2.75, 3.05) is 5.32 Å². The molecule has 3 aromatic rings. The van der Waals surface area contributed by atoms with Crippen molar-refractivity contribution >= 4 is 57.2 Å². The van der Waals surface area contributed by atoms with E-state index in [9.17, 15) is 14.4 Å². The Bertz CT molecular complexity index is 1150. The monoisotopic (exact) mass is 499 g/mol. The normalized spacial score (nSPS) is 10.5. The molecule has 0 aliphatic rings. The minimum Gasteiger partial charge on any atom is -0.422 e. The highest BCUT2D eigenvalue weighted by atomic mass is 79.9. The molecule has 0 fully saturated rings. The number of hydrazone groups is 1. The Labute approximate surface area is 191 Å². The lowest BCUT2D eigenvalue weighted by Crippen LogP contribution is -2.32. The number of hydrogen-bond donors (Lipinski definition) is 2. The van der Waals surface area contributed by atoms with Crippen LogP contribution in [0.4, 0.5) is 5.69 Å². The molecule has 0 aliphatic carbocycles. The third-order valence-electron chi connectivity index (χ3n) is 3.88. The van der Waals surface area contributed by atoms with E-state index in [1.54, 1.807) is 72.8 Å². The van der Waals surface area contributed by atoms with Crippen molar-refractivity contribution < 1.29 is 19.1 Å². The van der Waals surface area contributed by atoms with Crippen LogP contribution in [0, 0.1) is 0 Å². The van der Waals surface area contributed by atoms with Gasteiger partial charge in [-0.15, -0.1) is 0 Å². The first-order valence-corrected chi connectivity index (χ1v) is 10.1. The lowest BCUT2D eigenvalue weighted by molar-refractivity contribution is -0.136. The summed E-state index contributed by atoms with van der Waals surface area (Å²) in [5.41, 5.74) is 3.22. The van der Waals surface area contributed by atoms with Crippen molar-refractivity contribution in [3.8, 4) is 5.75 Å². The van der Waals surface area contributed by atoms with Gasteiger partial charge in [-0.25, -0.2) is 10.2 Å². The number of hydrogen-bond acceptors (Lipinski definition) is 5. The molecule has 31 heavy (non-hydrogen) atoms. The van der Waals surface area contributed by atoms with E-state index >= 15 is 0 Å². The predicted molar refractivity (Wildman–Crippen MR) is 121 cm³/mol. The lowest BCUT2D eigenvalue weighted by Gasteiger charge is -2.08. The summed E-state index contributed by atoms with van der Waals surface area (Å²) in [6.07, 6.45) is 1.26. The minimum absolute atomic E-state index is 0.232. The summed E-state index contributed by atoms with van der Waals surface area (Å²) in [4.78, 5) is 36.3. The smallest absolute Gasteiger partial charge is 0.343 e. The van der Waals surface area contributed by atoms with Crippen LogP contribution in [-0.4, -0.2) is 24.0 Å². The first kappa shape index (κ1) is 22.2. The molecular formula is C22H15BrClN3O4. The van der Waals surface area contributed by atoms with E-state index in [0.717, 1.165) is 0 Å². The number of carbonyl (C=O) groups is 3. The molecular weight excluding hydrogens is 486 g/mol. The zero-order valence-corrected chi connectivity index (χ0v) is 18.2. The average molecular weight is 501 g/mol. The van der Waals surface area contributed by atoms with E-state index in [1.807, 2.05) is 0 Å². The van der Waals surface area contributed by atoms with Crippen LogP contribution in [0.25, 0.3) is 0 Å². The fourth-order valence-corrected chi connectivity index (χ4v) is 2.96. The lowest BCUT2D eigenvalue weighted by atomic mass is 10.2. The number of ether oxygens (including phenoxy) is 1. The second-order valence-electron chi connectivity index (χ2n) is 6.07. The highest BCUT2D eigenvalue weighted by Crippen LogP contribution is 2.23. The van der Waals surface area contributed by atoms with Gasteiger partial charge >= 0.3 is 17.8 Å². The van der Waals surface area contributed by atoms with Crippen LogP contribution in [-0.2, 0) is 9.59 Å². The molecule has 156 valence electrons. The molecule has 0 aliphatic heterocycles. The van der Waals surface area contributed by atoms with Gasteiger partial charge in [-0.2, -0.15) is 5.10 Å². The number of anilines is 1. The maximum Gasteiger partial charge on any atom is 0.343 e. The number of para-hydroxylation sites is 1. The SMILES string of the molecule is O=C(N/N=C/c1cc(Br)ccc1OC(=O)c1ccccc1)C(=O)Nc1ccccc1Cl. The van der Waals surface area contributed by atoms with Crippen LogP contribution in [0.15, 0.2) is 82.4 Å². The largest absolute Gasteiger partial charge is 0.422 e. The molecule has 0 spiro atoms. The predicted octanol–water partition coefficient (Wildman–Crippen LogP) is 4.41. The second kappa shape index (κ2) is 10.5. The van der Waals surface area contributed by atoms with Crippen LogP contribution in [0.2, 0.25) is 5.02 Å². The van der Waals surface area contributed by atoms with Crippen LogP contribution >= 0.6 is 27.5 Å². The summed E-state index contributed by atoms with van der Waals surface area (Å²) in [7, 11) is 0. The third kappa shape index (κ3) is 6.24. The number of nitrogens with one attached hydrogen (secondary N) is 2. The topological polar surface area (TPSA) is 96.9 Å². The summed E-state index contributed by atoms with van der Waals surface area (Å²) >= 11 is 9.28. The fraction of sp³-hybridized carbons (Fsp3) is 0. The molecule has 7 nitrogen and oxygen atoms in total. The van der Waals surface area contributed by atoms with Gasteiger partial charge in [0.05, 0.1) is 22.5 Å². The third-order valence-corrected chi connectivity index (χ3v) is 4.70. The number of amides is 2. The molecule has 9 heteroatoms.